The zero-order valence-corrected chi connectivity index (χ0v) is 5.26. The van der Waals surface area contributed by atoms with Crippen LogP contribution in [-0.4, -0.2) is 6.79 Å². The highest BCUT2D eigenvalue weighted by Crippen LogP contribution is 2.33. The van der Waals surface area contributed by atoms with Gasteiger partial charge in [-0.1, -0.05) is 0 Å². The van der Waals surface area contributed by atoms with Gasteiger partial charge in [0.25, 0.3) is 0 Å². The fourth-order valence-corrected chi connectivity index (χ4v) is 0.897. The summed E-state index contributed by atoms with van der Waals surface area (Å²) < 4.78 is 10.1. The maximum atomic E-state index is 7.23. The molecule has 0 unspecified atom stereocenters. The number of benzene rings is 1. The van der Waals surface area contributed by atoms with Gasteiger partial charge in [0.1, 0.15) is 0 Å². The Morgan fingerprint density at radius 2 is 2.00 bits per heavy atom. The van der Waals surface area contributed by atoms with Gasteiger partial charge in [-0.15, -0.1) is 0 Å². The van der Waals surface area contributed by atoms with E-state index in [1.807, 2.05) is 0 Å². The highest BCUT2D eigenvalue weighted by Gasteiger charge is 2.11. The molecule has 10 heavy (non-hydrogen) atoms. The first kappa shape index (κ1) is 5.41. The topological polar surface area (TPSA) is 42.3 Å². The van der Waals surface area contributed by atoms with E-state index < -0.39 is 0 Å². The van der Waals surface area contributed by atoms with E-state index >= 15 is 0 Å². The fourth-order valence-electron chi connectivity index (χ4n) is 0.897. The second-order valence-corrected chi connectivity index (χ2v) is 2.07. The third kappa shape index (κ3) is 0.673. The molecule has 0 saturated heterocycles. The minimum absolute atomic E-state index is 0.277. The van der Waals surface area contributed by atoms with Crippen LogP contribution in [0.4, 0.5) is 5.69 Å². The number of ether oxygens (including phenoxy) is 2. The molecule has 0 saturated carbocycles. The molecule has 0 spiro atoms. The standard InChI is InChI=1S/C7H6NO2/c8-5-1-2-6-7(3-5)10-4-9-6/h1-3,8H,4H2. The van der Waals surface area contributed by atoms with Gasteiger partial charge in [-0.25, -0.2) is 0 Å². The molecule has 1 aromatic rings. The maximum Gasteiger partial charge on any atom is 0.231 e. The van der Waals surface area contributed by atoms with Gasteiger partial charge in [-0.05, 0) is 12.1 Å². The Morgan fingerprint density at radius 1 is 1.20 bits per heavy atom. The molecule has 51 valence electrons. The average molecular weight is 136 g/mol. The predicted octanol–water partition coefficient (Wildman–Crippen LogP) is 1.33. The highest BCUT2D eigenvalue weighted by atomic mass is 16.7. The first-order valence-electron chi connectivity index (χ1n) is 2.97. The van der Waals surface area contributed by atoms with E-state index in [0.717, 1.165) is 5.75 Å². The van der Waals surface area contributed by atoms with Crippen LogP contribution in [0, 0.1) is 0 Å². The first-order chi connectivity index (χ1) is 4.86. The monoisotopic (exact) mass is 136 g/mol. The largest absolute Gasteiger partial charge is 0.454 e. The zero-order chi connectivity index (χ0) is 6.97. The van der Waals surface area contributed by atoms with Gasteiger partial charge in [-0.2, -0.15) is 0 Å². The van der Waals surface area contributed by atoms with Crippen molar-refractivity contribution in [1.29, 1.82) is 0 Å². The van der Waals surface area contributed by atoms with Crippen molar-refractivity contribution < 1.29 is 9.47 Å². The Kier molecular flexibility index (Phi) is 0.974. The Labute approximate surface area is 58.4 Å². The van der Waals surface area contributed by atoms with Crippen molar-refractivity contribution in [2.75, 3.05) is 6.79 Å². The average Bonchev–Trinajstić information content (AvgIpc) is 2.33. The quantitative estimate of drug-likeness (QED) is 0.540. The van der Waals surface area contributed by atoms with Crippen LogP contribution in [0.15, 0.2) is 18.2 Å². The van der Waals surface area contributed by atoms with E-state index in [-0.39, 0.29) is 6.79 Å². The molecule has 1 aliphatic rings. The Morgan fingerprint density at radius 3 is 2.90 bits per heavy atom. The summed E-state index contributed by atoms with van der Waals surface area (Å²) in [6.45, 7) is 0.277. The van der Waals surface area contributed by atoms with E-state index in [2.05, 4.69) is 0 Å². The van der Waals surface area contributed by atoms with E-state index in [4.69, 9.17) is 15.2 Å². The number of fused-ring (bicyclic) bond motifs is 1. The van der Waals surface area contributed by atoms with E-state index in [1.54, 1.807) is 18.2 Å². The number of rotatable bonds is 0. The van der Waals surface area contributed by atoms with Crippen molar-refractivity contribution in [3.05, 3.63) is 18.2 Å². The summed E-state index contributed by atoms with van der Waals surface area (Å²) >= 11 is 0. The normalized spacial score (nSPS) is 13.6. The molecule has 1 heterocycles. The van der Waals surface area contributed by atoms with Crippen molar-refractivity contribution in [2.45, 2.75) is 0 Å². The van der Waals surface area contributed by atoms with Crippen molar-refractivity contribution >= 4 is 5.69 Å². The smallest absolute Gasteiger partial charge is 0.231 e. The summed E-state index contributed by atoms with van der Waals surface area (Å²) in [6.07, 6.45) is 0. The minimum atomic E-state index is 0.277. The molecule has 0 fully saturated rings. The van der Waals surface area contributed by atoms with Crippen molar-refractivity contribution in [1.82, 2.24) is 5.73 Å². The molecular formula is C7H6NO2. The molecule has 0 atom stereocenters. The molecule has 0 aliphatic carbocycles. The summed E-state index contributed by atoms with van der Waals surface area (Å²) in [4.78, 5) is 0. The molecule has 1 aliphatic heterocycles. The van der Waals surface area contributed by atoms with Gasteiger partial charge in [0.2, 0.25) is 6.79 Å². The van der Waals surface area contributed by atoms with E-state index in [1.165, 1.54) is 0 Å². The van der Waals surface area contributed by atoms with Crippen LogP contribution >= 0.6 is 0 Å². The van der Waals surface area contributed by atoms with Gasteiger partial charge in [0.15, 0.2) is 11.5 Å². The Hall–Kier alpha value is -1.38. The molecule has 1 aromatic carbocycles. The third-order valence-corrected chi connectivity index (χ3v) is 1.37. The van der Waals surface area contributed by atoms with Crippen molar-refractivity contribution in [2.24, 2.45) is 0 Å². The molecular weight excluding hydrogens is 130 g/mol. The Balaban J connectivity index is 2.52. The summed E-state index contributed by atoms with van der Waals surface area (Å²) in [5, 5.41) is 0. The molecule has 0 aromatic heterocycles. The summed E-state index contributed by atoms with van der Waals surface area (Å²) in [7, 11) is 0. The second-order valence-electron chi connectivity index (χ2n) is 2.07. The number of nitrogens with one attached hydrogen (secondary N) is 1. The Bertz CT molecular complexity index is 260. The summed E-state index contributed by atoms with van der Waals surface area (Å²) in [5.41, 5.74) is 7.68. The van der Waals surface area contributed by atoms with Gasteiger partial charge >= 0.3 is 0 Å². The van der Waals surface area contributed by atoms with Gasteiger partial charge in [-0.3, -0.25) is 0 Å². The summed E-state index contributed by atoms with van der Waals surface area (Å²) in [5.74, 6) is 1.41. The second kappa shape index (κ2) is 1.80. The van der Waals surface area contributed by atoms with Crippen LogP contribution in [-0.2, 0) is 0 Å². The summed E-state index contributed by atoms with van der Waals surface area (Å²) in [6, 6.07) is 5.06. The molecule has 0 amide bonds. The first-order valence-corrected chi connectivity index (χ1v) is 2.97. The molecule has 1 N–H and O–H groups in total. The lowest BCUT2D eigenvalue weighted by Gasteiger charge is -1.93. The van der Waals surface area contributed by atoms with E-state index in [0.29, 0.717) is 11.4 Å². The van der Waals surface area contributed by atoms with Crippen molar-refractivity contribution in [3.8, 4) is 11.5 Å². The van der Waals surface area contributed by atoms with Crippen molar-refractivity contribution in [3.63, 3.8) is 0 Å². The fraction of sp³-hybridized carbons (Fsp3) is 0.143. The predicted molar refractivity (Wildman–Crippen MR) is 35.3 cm³/mol. The van der Waals surface area contributed by atoms with Crippen LogP contribution in [0.3, 0.4) is 0 Å². The molecule has 3 nitrogen and oxygen atoms in total. The number of hydrogen-bond acceptors (Lipinski definition) is 2. The molecule has 1 radical (unpaired) electrons. The van der Waals surface area contributed by atoms with Crippen LogP contribution in [0.5, 0.6) is 11.5 Å². The van der Waals surface area contributed by atoms with Crippen LogP contribution < -0.4 is 15.2 Å². The molecule has 3 heteroatoms. The van der Waals surface area contributed by atoms with Crippen LogP contribution in [0.1, 0.15) is 0 Å². The molecule has 0 bridgehead atoms. The van der Waals surface area contributed by atoms with Gasteiger partial charge in [0, 0.05) is 6.07 Å². The lowest BCUT2D eigenvalue weighted by molar-refractivity contribution is 0.174. The maximum absolute atomic E-state index is 7.23. The minimum Gasteiger partial charge on any atom is -0.454 e. The van der Waals surface area contributed by atoms with E-state index in [9.17, 15) is 0 Å². The lowest BCUT2D eigenvalue weighted by Crippen LogP contribution is -1.92. The molecule has 2 rings (SSSR count). The number of hydrogen-bond donors (Lipinski definition) is 0. The van der Waals surface area contributed by atoms with Gasteiger partial charge in [0.05, 0.1) is 5.69 Å². The lowest BCUT2D eigenvalue weighted by atomic mass is 10.3. The third-order valence-electron chi connectivity index (χ3n) is 1.37. The van der Waals surface area contributed by atoms with Crippen LogP contribution in [0.25, 0.3) is 0 Å². The van der Waals surface area contributed by atoms with Crippen LogP contribution in [0.2, 0.25) is 0 Å². The SMILES string of the molecule is [NH]c1ccc2c(c1)OCO2. The highest BCUT2D eigenvalue weighted by molar-refractivity contribution is 5.51. The van der Waals surface area contributed by atoms with Gasteiger partial charge < -0.3 is 15.2 Å². The zero-order valence-electron chi connectivity index (χ0n) is 5.26.